The predicted octanol–water partition coefficient (Wildman–Crippen LogP) is 0.802. The topological polar surface area (TPSA) is 62.3 Å². The molecule has 0 aromatic carbocycles. The number of hydrogen-bond acceptors (Lipinski definition) is 4. The number of thiazole rings is 1. The fourth-order valence-electron chi connectivity index (χ4n) is 2.00. The first-order chi connectivity index (χ1) is 8.15. The van der Waals surface area contributed by atoms with E-state index in [4.69, 9.17) is 0 Å². The molecular formula is C11H15N3O2S. The smallest absolute Gasteiger partial charge is 0.266 e. The molecule has 1 aliphatic heterocycles. The Morgan fingerprint density at radius 1 is 1.71 bits per heavy atom. The Balaban J connectivity index is 2.24. The van der Waals surface area contributed by atoms with E-state index in [-0.39, 0.29) is 17.9 Å². The monoisotopic (exact) mass is 253 g/mol. The van der Waals surface area contributed by atoms with Gasteiger partial charge in [0, 0.05) is 13.1 Å². The van der Waals surface area contributed by atoms with Crippen molar-refractivity contribution in [2.24, 2.45) is 0 Å². The van der Waals surface area contributed by atoms with Gasteiger partial charge in [-0.05, 0) is 13.3 Å². The Bertz CT molecular complexity index is 444. The first-order valence-electron chi connectivity index (χ1n) is 5.64. The van der Waals surface area contributed by atoms with E-state index in [1.807, 2.05) is 13.8 Å². The van der Waals surface area contributed by atoms with E-state index >= 15 is 0 Å². The summed E-state index contributed by atoms with van der Waals surface area (Å²) >= 11 is 1.33. The van der Waals surface area contributed by atoms with Crippen LogP contribution in [-0.4, -0.2) is 40.8 Å². The van der Waals surface area contributed by atoms with Gasteiger partial charge in [-0.2, -0.15) is 0 Å². The van der Waals surface area contributed by atoms with Crippen molar-refractivity contribution in [3.05, 3.63) is 16.1 Å². The SMILES string of the molecule is CCC1C(=O)NCCN1C(=O)c1scnc1C. The zero-order valence-corrected chi connectivity index (χ0v) is 10.7. The van der Waals surface area contributed by atoms with Crippen molar-refractivity contribution < 1.29 is 9.59 Å². The summed E-state index contributed by atoms with van der Waals surface area (Å²) < 4.78 is 0. The van der Waals surface area contributed by atoms with Gasteiger partial charge in [-0.15, -0.1) is 11.3 Å². The first kappa shape index (κ1) is 12.0. The number of piperazine rings is 1. The van der Waals surface area contributed by atoms with Crippen molar-refractivity contribution in [3.63, 3.8) is 0 Å². The molecule has 5 nitrogen and oxygen atoms in total. The van der Waals surface area contributed by atoms with Crippen LogP contribution in [0.4, 0.5) is 0 Å². The third-order valence-corrected chi connectivity index (χ3v) is 3.83. The van der Waals surface area contributed by atoms with Crippen molar-refractivity contribution in [2.75, 3.05) is 13.1 Å². The zero-order chi connectivity index (χ0) is 12.4. The molecule has 6 heteroatoms. The highest BCUT2D eigenvalue weighted by atomic mass is 32.1. The summed E-state index contributed by atoms with van der Waals surface area (Å²) in [7, 11) is 0. The number of aromatic nitrogens is 1. The third kappa shape index (κ3) is 2.17. The lowest BCUT2D eigenvalue weighted by Gasteiger charge is -2.34. The van der Waals surface area contributed by atoms with Crippen molar-refractivity contribution in [1.82, 2.24) is 15.2 Å². The Labute approximate surface area is 104 Å². The summed E-state index contributed by atoms with van der Waals surface area (Å²) in [5, 5.41) is 2.78. The largest absolute Gasteiger partial charge is 0.353 e. The molecule has 1 unspecified atom stereocenters. The number of aryl methyl sites for hydroxylation is 1. The van der Waals surface area contributed by atoms with Gasteiger partial charge in [0.2, 0.25) is 5.91 Å². The summed E-state index contributed by atoms with van der Waals surface area (Å²) in [4.78, 5) is 30.4. The van der Waals surface area contributed by atoms with E-state index in [1.54, 1.807) is 10.4 Å². The molecule has 1 aliphatic rings. The van der Waals surface area contributed by atoms with Crippen LogP contribution >= 0.6 is 11.3 Å². The molecular weight excluding hydrogens is 238 g/mol. The van der Waals surface area contributed by atoms with Crippen LogP contribution in [0.5, 0.6) is 0 Å². The second-order valence-electron chi connectivity index (χ2n) is 3.98. The number of hydrogen-bond donors (Lipinski definition) is 1. The van der Waals surface area contributed by atoms with E-state index in [2.05, 4.69) is 10.3 Å². The van der Waals surface area contributed by atoms with Crippen LogP contribution in [0.2, 0.25) is 0 Å². The zero-order valence-electron chi connectivity index (χ0n) is 9.90. The molecule has 1 atom stereocenters. The normalized spacial score (nSPS) is 20.2. The Morgan fingerprint density at radius 2 is 2.47 bits per heavy atom. The van der Waals surface area contributed by atoms with E-state index in [0.717, 1.165) is 5.69 Å². The van der Waals surface area contributed by atoms with Crippen LogP contribution in [0.15, 0.2) is 5.51 Å². The lowest BCUT2D eigenvalue weighted by molar-refractivity contribution is -0.127. The number of carbonyl (C=O) groups excluding carboxylic acids is 2. The van der Waals surface area contributed by atoms with Crippen LogP contribution < -0.4 is 5.32 Å². The number of amides is 2. The second kappa shape index (κ2) is 4.83. The van der Waals surface area contributed by atoms with E-state index < -0.39 is 0 Å². The Kier molecular flexibility index (Phi) is 3.42. The van der Waals surface area contributed by atoms with Crippen molar-refractivity contribution in [2.45, 2.75) is 26.3 Å². The minimum atomic E-state index is -0.349. The van der Waals surface area contributed by atoms with Gasteiger partial charge in [0.1, 0.15) is 10.9 Å². The lowest BCUT2D eigenvalue weighted by Crippen LogP contribution is -2.56. The minimum absolute atomic E-state index is 0.0609. The molecule has 0 radical (unpaired) electrons. The van der Waals surface area contributed by atoms with Gasteiger partial charge in [-0.1, -0.05) is 6.92 Å². The number of carbonyl (C=O) groups is 2. The highest BCUT2D eigenvalue weighted by Gasteiger charge is 2.33. The average Bonchev–Trinajstić information content (AvgIpc) is 2.74. The highest BCUT2D eigenvalue weighted by Crippen LogP contribution is 2.19. The lowest BCUT2D eigenvalue weighted by atomic mass is 10.1. The van der Waals surface area contributed by atoms with Crippen molar-refractivity contribution >= 4 is 23.2 Å². The molecule has 1 N–H and O–H groups in total. The summed E-state index contributed by atoms with van der Waals surface area (Å²) in [5.41, 5.74) is 2.40. The summed E-state index contributed by atoms with van der Waals surface area (Å²) in [6.45, 7) is 4.82. The molecule has 1 saturated heterocycles. The molecule has 0 bridgehead atoms. The predicted molar refractivity (Wildman–Crippen MR) is 65.0 cm³/mol. The van der Waals surface area contributed by atoms with Gasteiger partial charge in [0.05, 0.1) is 11.2 Å². The Hall–Kier alpha value is -1.43. The maximum Gasteiger partial charge on any atom is 0.266 e. The maximum absolute atomic E-state index is 12.3. The molecule has 2 amide bonds. The fraction of sp³-hybridized carbons (Fsp3) is 0.545. The standard InChI is InChI=1S/C11H15N3O2S/c1-3-8-10(15)12-4-5-14(8)11(16)9-7(2)13-6-17-9/h6,8H,3-5H2,1-2H3,(H,12,15). The van der Waals surface area contributed by atoms with E-state index in [0.29, 0.717) is 24.4 Å². The molecule has 1 aromatic heterocycles. The molecule has 17 heavy (non-hydrogen) atoms. The molecule has 1 fully saturated rings. The fourth-order valence-corrected chi connectivity index (χ4v) is 2.76. The van der Waals surface area contributed by atoms with Gasteiger partial charge in [0.25, 0.3) is 5.91 Å². The van der Waals surface area contributed by atoms with Crippen LogP contribution in [-0.2, 0) is 4.79 Å². The summed E-state index contributed by atoms with van der Waals surface area (Å²) in [5.74, 6) is -0.138. The first-order valence-corrected chi connectivity index (χ1v) is 6.52. The van der Waals surface area contributed by atoms with Gasteiger partial charge in [-0.25, -0.2) is 4.98 Å². The second-order valence-corrected chi connectivity index (χ2v) is 4.84. The molecule has 2 heterocycles. The number of rotatable bonds is 2. The van der Waals surface area contributed by atoms with E-state index in [9.17, 15) is 9.59 Å². The molecule has 1 aromatic rings. The summed E-state index contributed by atoms with van der Waals surface area (Å²) in [6.07, 6.45) is 0.634. The van der Waals surface area contributed by atoms with Gasteiger partial charge in [0.15, 0.2) is 0 Å². The van der Waals surface area contributed by atoms with Crippen molar-refractivity contribution in [3.8, 4) is 0 Å². The van der Waals surface area contributed by atoms with Crippen LogP contribution in [0.1, 0.15) is 28.7 Å². The molecule has 0 saturated carbocycles. The minimum Gasteiger partial charge on any atom is -0.353 e. The molecule has 0 aliphatic carbocycles. The molecule has 92 valence electrons. The van der Waals surface area contributed by atoms with Gasteiger partial charge < -0.3 is 10.2 Å². The highest BCUT2D eigenvalue weighted by molar-refractivity contribution is 7.11. The number of nitrogens with zero attached hydrogens (tertiary/aromatic N) is 2. The molecule has 0 spiro atoms. The van der Waals surface area contributed by atoms with Crippen LogP contribution in [0, 0.1) is 6.92 Å². The maximum atomic E-state index is 12.3. The van der Waals surface area contributed by atoms with Gasteiger partial charge >= 0.3 is 0 Å². The number of nitrogens with one attached hydrogen (secondary N) is 1. The average molecular weight is 253 g/mol. The third-order valence-electron chi connectivity index (χ3n) is 2.92. The molecule has 2 rings (SSSR count). The van der Waals surface area contributed by atoms with Crippen LogP contribution in [0.25, 0.3) is 0 Å². The Morgan fingerprint density at radius 3 is 3.06 bits per heavy atom. The van der Waals surface area contributed by atoms with Gasteiger partial charge in [-0.3, -0.25) is 9.59 Å². The van der Waals surface area contributed by atoms with E-state index in [1.165, 1.54) is 11.3 Å². The summed E-state index contributed by atoms with van der Waals surface area (Å²) in [6, 6.07) is -0.349. The van der Waals surface area contributed by atoms with Crippen LogP contribution in [0.3, 0.4) is 0 Å². The quantitative estimate of drug-likeness (QED) is 0.848. The van der Waals surface area contributed by atoms with Crippen molar-refractivity contribution in [1.29, 1.82) is 0 Å².